The summed E-state index contributed by atoms with van der Waals surface area (Å²) in [6.45, 7) is 4.48. The Labute approximate surface area is 93.1 Å². The van der Waals surface area contributed by atoms with Gasteiger partial charge in [0.1, 0.15) is 0 Å². The summed E-state index contributed by atoms with van der Waals surface area (Å²) < 4.78 is 0. The molecule has 0 heterocycles. The Morgan fingerprint density at radius 1 is 1.33 bits per heavy atom. The maximum atomic E-state index is 8.29. The van der Waals surface area contributed by atoms with Gasteiger partial charge in [-0.3, -0.25) is 0 Å². The van der Waals surface area contributed by atoms with Crippen molar-refractivity contribution in [3.63, 3.8) is 0 Å². The van der Waals surface area contributed by atoms with Crippen molar-refractivity contribution in [2.75, 3.05) is 6.61 Å². The minimum Gasteiger partial charge on any atom is -0.392 e. The fraction of sp³-hybridized carbons (Fsp3) is 0.714. The third-order valence-corrected chi connectivity index (χ3v) is 0.880. The molecule has 0 spiro atoms. The standard InChI is InChI=1S/C7H14O.Ac/c1-7(2)5-3-4-6-8;/h3-4,7-8H,5-6H2,1-2H3;/b4-3+;. The summed E-state index contributed by atoms with van der Waals surface area (Å²) in [7, 11) is 0. The van der Waals surface area contributed by atoms with Crippen molar-refractivity contribution in [3.05, 3.63) is 12.2 Å². The summed E-state index contributed by atoms with van der Waals surface area (Å²) in [5.41, 5.74) is 0. The Balaban J connectivity index is 0. The van der Waals surface area contributed by atoms with Gasteiger partial charge in [0.25, 0.3) is 0 Å². The summed E-state index contributed by atoms with van der Waals surface area (Å²) in [5.74, 6) is 0.706. The molecule has 0 bridgehead atoms. The molecule has 0 fully saturated rings. The smallest absolute Gasteiger partial charge is 0.0612 e. The normalized spacial score (nSPS) is 10.2. The molecule has 0 atom stereocenters. The van der Waals surface area contributed by atoms with E-state index in [9.17, 15) is 0 Å². The van der Waals surface area contributed by atoms with Gasteiger partial charge in [-0.05, 0) is 12.3 Å². The van der Waals surface area contributed by atoms with Crippen LogP contribution in [0.3, 0.4) is 0 Å². The fourth-order valence-electron chi connectivity index (χ4n) is 0.443. The van der Waals surface area contributed by atoms with Crippen molar-refractivity contribution in [2.45, 2.75) is 20.3 Å². The Kier molecular flexibility index (Phi) is 13.0. The SMILES string of the molecule is CC(C)C/C=C/CO.[Ac]. The number of hydrogen-bond acceptors (Lipinski definition) is 1. The number of aliphatic hydroxyl groups excluding tert-OH is 1. The van der Waals surface area contributed by atoms with Crippen LogP contribution in [0.1, 0.15) is 20.3 Å². The predicted molar refractivity (Wildman–Crippen MR) is 35.7 cm³/mol. The van der Waals surface area contributed by atoms with Crippen LogP contribution in [0.4, 0.5) is 0 Å². The quantitative estimate of drug-likeness (QED) is 0.773. The monoisotopic (exact) mass is 341 g/mol. The number of rotatable bonds is 3. The van der Waals surface area contributed by atoms with Gasteiger partial charge in [0.05, 0.1) is 6.61 Å². The van der Waals surface area contributed by atoms with Gasteiger partial charge in [0.15, 0.2) is 0 Å². The van der Waals surface area contributed by atoms with Gasteiger partial charge >= 0.3 is 0 Å². The Bertz CT molecular complexity index is 69.3. The van der Waals surface area contributed by atoms with Gasteiger partial charge in [-0.15, -0.1) is 0 Å². The Morgan fingerprint density at radius 3 is 2.22 bits per heavy atom. The third-order valence-electron chi connectivity index (χ3n) is 0.880. The van der Waals surface area contributed by atoms with Crippen molar-refractivity contribution in [1.82, 2.24) is 0 Å². The van der Waals surface area contributed by atoms with E-state index in [0.29, 0.717) is 5.92 Å². The van der Waals surface area contributed by atoms with Crippen molar-refractivity contribution < 1.29 is 49.2 Å². The zero-order valence-electron chi connectivity index (χ0n) is 6.17. The zero-order chi connectivity index (χ0) is 6.41. The molecule has 0 aromatic heterocycles. The van der Waals surface area contributed by atoms with E-state index in [1.54, 1.807) is 6.08 Å². The first-order valence-corrected chi connectivity index (χ1v) is 3.03. The molecule has 0 amide bonds. The van der Waals surface area contributed by atoms with Crippen LogP contribution < -0.4 is 0 Å². The minimum atomic E-state index is 0. The molecule has 0 aliphatic rings. The van der Waals surface area contributed by atoms with Crippen LogP contribution in [-0.2, 0) is 0 Å². The molecule has 2 heteroatoms. The van der Waals surface area contributed by atoms with E-state index in [0.717, 1.165) is 6.42 Å². The summed E-state index contributed by atoms with van der Waals surface area (Å²) in [4.78, 5) is 0. The van der Waals surface area contributed by atoms with Gasteiger partial charge in [-0.25, -0.2) is 0 Å². The zero-order valence-corrected chi connectivity index (χ0v) is 10.9. The number of aliphatic hydroxyl groups is 1. The topological polar surface area (TPSA) is 20.2 Å². The van der Waals surface area contributed by atoms with Crippen LogP contribution >= 0.6 is 0 Å². The van der Waals surface area contributed by atoms with Gasteiger partial charge in [-0.2, -0.15) is 0 Å². The van der Waals surface area contributed by atoms with Gasteiger partial charge in [0.2, 0.25) is 0 Å². The van der Waals surface area contributed by atoms with Crippen LogP contribution in [0.25, 0.3) is 0 Å². The molecular weight excluding hydrogens is 327 g/mol. The summed E-state index contributed by atoms with van der Waals surface area (Å²) in [6, 6.07) is 0. The molecule has 0 aromatic carbocycles. The van der Waals surface area contributed by atoms with E-state index in [4.69, 9.17) is 5.11 Å². The molecule has 0 saturated heterocycles. The number of hydrogen-bond donors (Lipinski definition) is 1. The van der Waals surface area contributed by atoms with E-state index < -0.39 is 0 Å². The van der Waals surface area contributed by atoms with E-state index in [1.165, 1.54) is 0 Å². The molecular formula is C7H14AcO. The van der Waals surface area contributed by atoms with Crippen LogP contribution in [0.15, 0.2) is 12.2 Å². The van der Waals surface area contributed by atoms with E-state index in [1.807, 2.05) is 6.08 Å². The molecule has 0 rings (SSSR count). The molecule has 0 unspecified atom stereocenters. The van der Waals surface area contributed by atoms with Crippen molar-refractivity contribution in [2.24, 2.45) is 5.92 Å². The van der Waals surface area contributed by atoms with Crippen molar-refractivity contribution in [3.8, 4) is 0 Å². The first-order chi connectivity index (χ1) is 3.77. The molecule has 1 radical (unpaired) electrons. The second-order valence-corrected chi connectivity index (χ2v) is 2.28. The molecule has 0 saturated carbocycles. The molecule has 9 heavy (non-hydrogen) atoms. The van der Waals surface area contributed by atoms with Crippen LogP contribution in [0.2, 0.25) is 0 Å². The van der Waals surface area contributed by atoms with Gasteiger partial charge in [-0.1, -0.05) is 26.0 Å². The molecule has 0 aliphatic carbocycles. The molecule has 0 aromatic rings. The van der Waals surface area contributed by atoms with Crippen molar-refractivity contribution >= 4 is 0 Å². The average molecular weight is 341 g/mol. The second-order valence-electron chi connectivity index (χ2n) is 2.28. The van der Waals surface area contributed by atoms with Crippen LogP contribution in [0.5, 0.6) is 0 Å². The molecule has 1 N–H and O–H groups in total. The van der Waals surface area contributed by atoms with Crippen LogP contribution in [0, 0.1) is 50.0 Å². The summed E-state index contributed by atoms with van der Waals surface area (Å²) >= 11 is 0. The van der Waals surface area contributed by atoms with E-state index >= 15 is 0 Å². The Hall–Kier alpha value is 1.14. The predicted octanol–water partition coefficient (Wildman–Crippen LogP) is 1.58. The summed E-state index contributed by atoms with van der Waals surface area (Å²) in [5, 5.41) is 8.29. The average Bonchev–Trinajstić information content (AvgIpc) is 1.66. The molecule has 0 aliphatic heterocycles. The van der Waals surface area contributed by atoms with Crippen molar-refractivity contribution in [1.29, 1.82) is 0 Å². The van der Waals surface area contributed by atoms with Gasteiger partial charge < -0.3 is 5.11 Å². The van der Waals surface area contributed by atoms with E-state index in [2.05, 4.69) is 13.8 Å². The largest absolute Gasteiger partial charge is 0.392 e. The maximum absolute atomic E-state index is 8.29. The summed E-state index contributed by atoms with van der Waals surface area (Å²) in [6.07, 6.45) is 4.85. The number of allylic oxidation sites excluding steroid dienone is 1. The fourth-order valence-corrected chi connectivity index (χ4v) is 0.443. The van der Waals surface area contributed by atoms with Crippen LogP contribution in [-0.4, -0.2) is 11.7 Å². The first kappa shape index (κ1) is 12.8. The van der Waals surface area contributed by atoms with E-state index in [-0.39, 0.29) is 50.7 Å². The third kappa shape index (κ3) is 12.4. The second kappa shape index (κ2) is 9.14. The molecule has 51 valence electrons. The Morgan fingerprint density at radius 2 is 1.89 bits per heavy atom. The minimum absolute atomic E-state index is 0. The maximum Gasteiger partial charge on any atom is 0.0612 e. The molecule has 1 nitrogen and oxygen atoms in total. The van der Waals surface area contributed by atoms with Gasteiger partial charge in [0, 0.05) is 44.1 Å². The first-order valence-electron chi connectivity index (χ1n) is 3.03.